The molecule has 0 fully saturated rings. The van der Waals surface area contributed by atoms with Gasteiger partial charge in [-0.1, -0.05) is 12.2 Å². The molecule has 268 valence electrons. The SMILES string of the molecule is COc1cc(/C=C/C(=O)CC(=O)/C=C/c2cc(C)c(OCCNC(=O)OC(C)(C)C)c(OC)c2)cc(C)c1OCCNC(=O)OC(C)(C)C. The van der Waals surface area contributed by atoms with Crippen molar-refractivity contribution < 1.29 is 47.6 Å². The summed E-state index contributed by atoms with van der Waals surface area (Å²) in [7, 11) is 3.02. The van der Waals surface area contributed by atoms with Gasteiger partial charge in [-0.3, -0.25) is 9.59 Å². The fraction of sp³-hybridized carbons (Fsp3) is 0.459. The molecule has 0 spiro atoms. The van der Waals surface area contributed by atoms with Crippen LogP contribution < -0.4 is 29.6 Å². The van der Waals surface area contributed by atoms with Gasteiger partial charge in [-0.25, -0.2) is 9.59 Å². The lowest BCUT2D eigenvalue weighted by Crippen LogP contribution is -2.34. The van der Waals surface area contributed by atoms with Crippen molar-refractivity contribution in [3.05, 3.63) is 58.7 Å². The standard InChI is InChI=1S/C37H50N2O10/c1-24-19-26(21-30(44-9)32(24)46-17-15-38-34(42)48-36(3,4)5)11-13-28(40)23-29(41)14-12-27-20-25(2)33(31(22-27)45-10)47-18-16-39-35(43)49-37(6,7)8/h11-14,19-22H,15-18,23H2,1-10H3,(H,38,42)(H,39,43)/b13-11+,14-12+. The van der Waals surface area contributed by atoms with E-state index in [1.807, 2.05) is 26.0 Å². The van der Waals surface area contributed by atoms with Crippen LogP contribution in [0.3, 0.4) is 0 Å². The van der Waals surface area contributed by atoms with Crippen LogP contribution in [0.15, 0.2) is 36.4 Å². The van der Waals surface area contributed by atoms with Gasteiger partial charge in [-0.05, 0) is 114 Å². The summed E-state index contributed by atoms with van der Waals surface area (Å²) in [5, 5.41) is 5.28. The number of methoxy groups -OCH3 is 2. The van der Waals surface area contributed by atoms with Crippen molar-refractivity contribution in [3.8, 4) is 23.0 Å². The van der Waals surface area contributed by atoms with E-state index in [-0.39, 0.29) is 44.3 Å². The van der Waals surface area contributed by atoms with Crippen molar-refractivity contribution in [2.45, 2.75) is 73.0 Å². The largest absolute Gasteiger partial charge is 0.493 e. The average molecular weight is 683 g/mol. The minimum absolute atomic E-state index is 0.194. The van der Waals surface area contributed by atoms with E-state index in [4.69, 9.17) is 28.4 Å². The topological polar surface area (TPSA) is 148 Å². The first kappa shape index (κ1) is 40.2. The van der Waals surface area contributed by atoms with Gasteiger partial charge in [0.25, 0.3) is 0 Å². The molecule has 0 radical (unpaired) electrons. The Labute approximate surface area is 289 Å². The summed E-state index contributed by atoms with van der Waals surface area (Å²) in [6.45, 7) is 15.2. The lowest BCUT2D eigenvalue weighted by atomic mass is 10.1. The molecule has 0 saturated heterocycles. The van der Waals surface area contributed by atoms with E-state index in [9.17, 15) is 19.2 Å². The highest BCUT2D eigenvalue weighted by molar-refractivity contribution is 6.10. The quantitative estimate of drug-likeness (QED) is 0.116. The van der Waals surface area contributed by atoms with E-state index in [0.29, 0.717) is 34.1 Å². The van der Waals surface area contributed by atoms with Crippen LogP contribution in [0.1, 0.15) is 70.2 Å². The van der Waals surface area contributed by atoms with Crippen molar-refractivity contribution in [2.24, 2.45) is 0 Å². The highest BCUT2D eigenvalue weighted by atomic mass is 16.6. The number of rotatable bonds is 16. The molecule has 2 aromatic carbocycles. The van der Waals surface area contributed by atoms with Gasteiger partial charge in [0, 0.05) is 0 Å². The van der Waals surface area contributed by atoms with Crippen molar-refractivity contribution in [1.29, 1.82) is 0 Å². The number of benzene rings is 2. The maximum absolute atomic E-state index is 12.6. The summed E-state index contributed by atoms with van der Waals surface area (Å²) in [5.74, 6) is 1.22. The smallest absolute Gasteiger partial charge is 0.407 e. The molecule has 12 nitrogen and oxygen atoms in total. The number of allylic oxidation sites excluding steroid dienone is 2. The fourth-order valence-electron chi connectivity index (χ4n) is 4.31. The van der Waals surface area contributed by atoms with E-state index in [1.54, 1.807) is 65.8 Å². The van der Waals surface area contributed by atoms with Crippen LogP contribution in [0.2, 0.25) is 0 Å². The van der Waals surface area contributed by atoms with Crippen molar-refractivity contribution in [3.63, 3.8) is 0 Å². The molecule has 2 amide bonds. The molecule has 2 aromatic rings. The zero-order chi connectivity index (χ0) is 36.8. The van der Waals surface area contributed by atoms with E-state index in [1.165, 1.54) is 26.4 Å². The molecule has 0 aromatic heterocycles. The van der Waals surface area contributed by atoms with Crippen LogP contribution in [0.4, 0.5) is 9.59 Å². The highest BCUT2D eigenvalue weighted by Gasteiger charge is 2.17. The van der Waals surface area contributed by atoms with Crippen LogP contribution in [0.25, 0.3) is 12.2 Å². The Bertz CT molecular complexity index is 1420. The molecular weight excluding hydrogens is 632 g/mol. The monoisotopic (exact) mass is 682 g/mol. The number of ketones is 2. The normalized spacial score (nSPS) is 11.6. The van der Waals surface area contributed by atoms with E-state index >= 15 is 0 Å². The molecular formula is C37H50N2O10. The molecule has 2 rings (SSSR count). The molecule has 0 aliphatic rings. The van der Waals surface area contributed by atoms with Gasteiger partial charge in [0.2, 0.25) is 0 Å². The number of nitrogens with one attached hydrogen (secondary N) is 2. The molecule has 0 saturated carbocycles. The average Bonchev–Trinajstić information content (AvgIpc) is 2.98. The van der Waals surface area contributed by atoms with E-state index < -0.39 is 23.4 Å². The van der Waals surface area contributed by atoms with Crippen molar-refractivity contribution in [2.75, 3.05) is 40.5 Å². The maximum Gasteiger partial charge on any atom is 0.407 e. The van der Waals surface area contributed by atoms with Crippen LogP contribution in [0.5, 0.6) is 23.0 Å². The first-order chi connectivity index (χ1) is 22.9. The Morgan fingerprint density at radius 1 is 0.633 bits per heavy atom. The van der Waals surface area contributed by atoms with Gasteiger partial charge in [-0.2, -0.15) is 0 Å². The second-order valence-corrected chi connectivity index (χ2v) is 13.1. The Morgan fingerprint density at radius 2 is 1.00 bits per heavy atom. The maximum atomic E-state index is 12.6. The second kappa shape index (κ2) is 18.5. The third-order valence-electron chi connectivity index (χ3n) is 6.27. The zero-order valence-electron chi connectivity index (χ0n) is 30.2. The Balaban J connectivity index is 1.94. The molecule has 0 bridgehead atoms. The number of ether oxygens (including phenoxy) is 6. The molecule has 0 heterocycles. The summed E-state index contributed by atoms with van der Waals surface area (Å²) in [5.41, 5.74) is 1.73. The van der Waals surface area contributed by atoms with E-state index in [0.717, 1.165) is 11.1 Å². The first-order valence-electron chi connectivity index (χ1n) is 15.9. The van der Waals surface area contributed by atoms with Crippen molar-refractivity contribution >= 4 is 35.9 Å². The number of hydrogen-bond donors (Lipinski definition) is 2. The first-order valence-corrected chi connectivity index (χ1v) is 15.9. The zero-order valence-corrected chi connectivity index (χ0v) is 30.2. The molecule has 0 aliphatic carbocycles. The summed E-state index contributed by atoms with van der Waals surface area (Å²) in [6.07, 6.45) is 4.55. The minimum atomic E-state index is -0.593. The van der Waals surface area contributed by atoms with Crippen LogP contribution in [-0.4, -0.2) is 75.5 Å². The summed E-state index contributed by atoms with van der Waals surface area (Å²) in [4.78, 5) is 48.8. The molecule has 0 atom stereocenters. The van der Waals surface area contributed by atoms with Gasteiger partial charge in [0.05, 0.1) is 33.7 Å². The lowest BCUT2D eigenvalue weighted by molar-refractivity contribution is -0.121. The Hall–Kier alpha value is -5.00. The van der Waals surface area contributed by atoms with Gasteiger partial charge in [0.1, 0.15) is 24.4 Å². The van der Waals surface area contributed by atoms with Gasteiger partial charge in [0.15, 0.2) is 34.6 Å². The second-order valence-electron chi connectivity index (χ2n) is 13.1. The molecule has 12 heteroatoms. The van der Waals surface area contributed by atoms with Crippen LogP contribution in [0, 0.1) is 13.8 Å². The minimum Gasteiger partial charge on any atom is -0.493 e. The predicted octanol–water partition coefficient (Wildman–Crippen LogP) is 6.38. The van der Waals surface area contributed by atoms with Crippen molar-refractivity contribution in [1.82, 2.24) is 10.6 Å². The predicted molar refractivity (Wildman–Crippen MR) is 188 cm³/mol. The number of carbonyl (C=O) groups excluding carboxylic acids is 4. The number of hydrogen-bond acceptors (Lipinski definition) is 10. The molecule has 0 aliphatic heterocycles. The Morgan fingerprint density at radius 3 is 1.33 bits per heavy atom. The van der Waals surface area contributed by atoms with Gasteiger partial charge in [-0.15, -0.1) is 0 Å². The number of aryl methyl sites for hydroxylation is 2. The third-order valence-corrected chi connectivity index (χ3v) is 6.27. The number of carbonyl (C=O) groups is 4. The molecule has 49 heavy (non-hydrogen) atoms. The van der Waals surface area contributed by atoms with Crippen LogP contribution in [-0.2, 0) is 19.1 Å². The van der Waals surface area contributed by atoms with Crippen LogP contribution >= 0.6 is 0 Å². The molecule has 0 unspecified atom stereocenters. The van der Waals surface area contributed by atoms with E-state index in [2.05, 4.69) is 10.6 Å². The summed E-state index contributed by atoms with van der Waals surface area (Å²) < 4.78 is 33.1. The number of alkyl carbamates (subject to hydrolysis) is 2. The molecule has 2 N–H and O–H groups in total. The van der Waals surface area contributed by atoms with Gasteiger partial charge < -0.3 is 39.1 Å². The summed E-state index contributed by atoms with van der Waals surface area (Å²) >= 11 is 0. The third kappa shape index (κ3) is 15.2. The fourth-order valence-corrected chi connectivity index (χ4v) is 4.31. The Kier molecular flexibility index (Phi) is 15.2. The van der Waals surface area contributed by atoms with Gasteiger partial charge >= 0.3 is 12.2 Å². The summed E-state index contributed by atoms with van der Waals surface area (Å²) in [6, 6.07) is 7.09. The number of amides is 2. The lowest BCUT2D eigenvalue weighted by Gasteiger charge is -2.20. The highest BCUT2D eigenvalue weighted by Crippen LogP contribution is 2.34.